The summed E-state index contributed by atoms with van der Waals surface area (Å²) in [5.41, 5.74) is 5.53. The first-order valence-electron chi connectivity index (χ1n) is 15.4. The summed E-state index contributed by atoms with van der Waals surface area (Å²) in [4.78, 5) is 12.9. The number of hydrogen-bond acceptors (Lipinski definition) is 6. The number of rotatable bonds is 8. The fraction of sp³-hybridized carbons (Fsp3) is 0.351. The van der Waals surface area contributed by atoms with E-state index in [0.717, 1.165) is 65.6 Å². The lowest BCUT2D eigenvalue weighted by Gasteiger charge is -2.46. The first-order valence-corrected chi connectivity index (χ1v) is 15.4. The normalized spacial score (nSPS) is 18.0. The van der Waals surface area contributed by atoms with Gasteiger partial charge < -0.3 is 23.8 Å². The van der Waals surface area contributed by atoms with Gasteiger partial charge in [-0.2, -0.15) is 0 Å². The molecule has 3 aromatic carbocycles. The molecule has 1 atom stereocenters. The summed E-state index contributed by atoms with van der Waals surface area (Å²) in [6.07, 6.45) is 7.82. The van der Waals surface area contributed by atoms with Crippen molar-refractivity contribution in [3.05, 3.63) is 119 Å². The van der Waals surface area contributed by atoms with Crippen molar-refractivity contribution >= 4 is 11.9 Å². The third kappa shape index (κ3) is 5.76. The molecule has 0 spiro atoms. The summed E-state index contributed by atoms with van der Waals surface area (Å²) < 4.78 is 14.8. The van der Waals surface area contributed by atoms with Crippen LogP contribution in [0, 0.1) is 12.3 Å². The van der Waals surface area contributed by atoms with E-state index in [-0.39, 0.29) is 11.5 Å². The van der Waals surface area contributed by atoms with E-state index in [4.69, 9.17) is 14.3 Å². The highest BCUT2D eigenvalue weighted by Gasteiger charge is 2.47. The summed E-state index contributed by atoms with van der Waals surface area (Å²) in [5, 5.41) is 4.68. The number of aryl methyl sites for hydroxylation is 1. The molecule has 7 nitrogen and oxygen atoms in total. The van der Waals surface area contributed by atoms with Crippen LogP contribution < -0.4 is 4.74 Å². The zero-order valence-corrected chi connectivity index (χ0v) is 26.4. The fourth-order valence-corrected chi connectivity index (χ4v) is 6.53. The van der Waals surface area contributed by atoms with Crippen molar-refractivity contribution in [3.63, 3.8) is 0 Å². The quantitative estimate of drug-likeness (QED) is 0.214. The largest absolute Gasteiger partial charge is 0.495 e. The Labute approximate surface area is 260 Å². The highest BCUT2D eigenvalue weighted by Crippen LogP contribution is 2.48. The van der Waals surface area contributed by atoms with Crippen molar-refractivity contribution in [3.8, 4) is 11.4 Å². The Bertz CT molecular complexity index is 1600. The lowest BCUT2D eigenvalue weighted by molar-refractivity contribution is -0.134. The van der Waals surface area contributed by atoms with Crippen molar-refractivity contribution in [2.45, 2.75) is 52.2 Å². The number of aromatic nitrogens is 2. The zero-order valence-electron chi connectivity index (χ0n) is 26.4. The Morgan fingerprint density at radius 2 is 1.68 bits per heavy atom. The molecule has 0 amide bonds. The number of amidine groups is 1. The first kappa shape index (κ1) is 29.7. The van der Waals surface area contributed by atoms with Crippen LogP contribution in [0.15, 0.2) is 102 Å². The molecule has 0 saturated carbocycles. The molecule has 2 aliphatic rings. The monoisotopic (exact) mass is 590 g/mol. The van der Waals surface area contributed by atoms with E-state index in [2.05, 4.69) is 121 Å². The maximum Gasteiger partial charge on any atom is 0.171 e. The average Bonchev–Trinajstić information content (AvgIpc) is 3.47. The molecule has 4 aromatic rings. The molecule has 1 aromatic heterocycles. The first-order chi connectivity index (χ1) is 21.3. The third-order valence-corrected chi connectivity index (χ3v) is 8.61. The number of ether oxygens (including phenoxy) is 2. The molecule has 7 heteroatoms. The van der Waals surface area contributed by atoms with E-state index in [9.17, 15) is 0 Å². The third-order valence-electron chi connectivity index (χ3n) is 8.61. The highest BCUT2D eigenvalue weighted by molar-refractivity contribution is 6.02. The number of fused-ring (bicyclic) bond motifs is 1. The van der Waals surface area contributed by atoms with Crippen molar-refractivity contribution in [1.29, 1.82) is 0 Å². The van der Waals surface area contributed by atoms with Crippen molar-refractivity contribution in [2.24, 2.45) is 10.6 Å². The molecule has 228 valence electrons. The summed E-state index contributed by atoms with van der Waals surface area (Å²) in [5.74, 6) is 1.71. The number of piperidine rings is 1. The van der Waals surface area contributed by atoms with E-state index in [0.29, 0.717) is 6.61 Å². The Kier molecular flexibility index (Phi) is 8.32. The van der Waals surface area contributed by atoms with E-state index < -0.39 is 5.60 Å². The SMILES string of the molecule is COc1cc(/C=C2\CCCN3CC(COC(c4ccccc4)(c4ccccc4)C(C)(C)C)ON=C23)ccc1-n1cnc(C)c1. The van der Waals surface area contributed by atoms with Gasteiger partial charge in [-0.3, -0.25) is 0 Å². The predicted octanol–water partition coefficient (Wildman–Crippen LogP) is 7.39. The Hall–Kier alpha value is -4.36. The van der Waals surface area contributed by atoms with Gasteiger partial charge in [-0.25, -0.2) is 4.98 Å². The zero-order chi connectivity index (χ0) is 30.7. The number of methoxy groups -OCH3 is 1. The van der Waals surface area contributed by atoms with Gasteiger partial charge in [0.25, 0.3) is 0 Å². The van der Waals surface area contributed by atoms with E-state index in [1.54, 1.807) is 7.11 Å². The lowest BCUT2D eigenvalue weighted by atomic mass is 9.68. The molecule has 0 bridgehead atoms. The minimum Gasteiger partial charge on any atom is -0.495 e. The minimum absolute atomic E-state index is 0.190. The number of hydrogen-bond donors (Lipinski definition) is 0. The van der Waals surface area contributed by atoms with Crippen LogP contribution in [-0.2, 0) is 15.2 Å². The Morgan fingerprint density at radius 3 is 2.30 bits per heavy atom. The highest BCUT2D eigenvalue weighted by atomic mass is 16.7. The Balaban J connectivity index is 1.24. The molecule has 3 heterocycles. The number of imidazole rings is 1. The molecule has 0 radical (unpaired) electrons. The van der Waals surface area contributed by atoms with Gasteiger partial charge >= 0.3 is 0 Å². The second-order valence-electron chi connectivity index (χ2n) is 12.7. The smallest absolute Gasteiger partial charge is 0.171 e. The van der Waals surface area contributed by atoms with Crippen LogP contribution in [0.5, 0.6) is 5.75 Å². The van der Waals surface area contributed by atoms with Gasteiger partial charge in [-0.15, -0.1) is 0 Å². The van der Waals surface area contributed by atoms with E-state index in [1.807, 2.05) is 24.0 Å². The molecule has 2 aliphatic heterocycles. The standard InChI is InChI=1S/C37H42N4O3/c1-27-23-41(26-38-27)33-19-18-28(22-34(33)42-5)21-29-13-12-20-40-24-32(44-39-35(29)40)25-43-37(36(2,3)4,30-14-8-6-9-15-30)31-16-10-7-11-17-31/h6-11,14-19,21-23,26,32H,12-13,20,24-25H2,1-5H3/b29-21+. The molecule has 1 unspecified atom stereocenters. The maximum atomic E-state index is 7.03. The van der Waals surface area contributed by atoms with Gasteiger partial charge in [-0.05, 0) is 65.7 Å². The van der Waals surface area contributed by atoms with Gasteiger partial charge in [0.1, 0.15) is 11.4 Å². The van der Waals surface area contributed by atoms with Crippen LogP contribution in [-0.4, -0.2) is 53.2 Å². The van der Waals surface area contributed by atoms with Crippen molar-refractivity contribution < 1.29 is 14.3 Å². The van der Waals surface area contributed by atoms with E-state index in [1.165, 1.54) is 5.57 Å². The van der Waals surface area contributed by atoms with Crippen LogP contribution in [0.3, 0.4) is 0 Å². The second kappa shape index (κ2) is 12.3. The van der Waals surface area contributed by atoms with Crippen molar-refractivity contribution in [2.75, 3.05) is 26.8 Å². The van der Waals surface area contributed by atoms with Gasteiger partial charge in [0, 0.05) is 12.7 Å². The lowest BCUT2D eigenvalue weighted by Crippen LogP contribution is -2.50. The summed E-state index contributed by atoms with van der Waals surface area (Å²) in [7, 11) is 1.70. The molecule has 6 rings (SSSR count). The summed E-state index contributed by atoms with van der Waals surface area (Å²) in [6, 6.07) is 27.3. The van der Waals surface area contributed by atoms with Gasteiger partial charge in [0.05, 0.1) is 38.0 Å². The number of benzene rings is 3. The summed E-state index contributed by atoms with van der Waals surface area (Å²) in [6.45, 7) is 10.8. The Morgan fingerprint density at radius 1 is 0.977 bits per heavy atom. The number of oxime groups is 1. The molecular weight excluding hydrogens is 548 g/mol. The van der Waals surface area contributed by atoms with Crippen LogP contribution in [0.25, 0.3) is 11.8 Å². The van der Waals surface area contributed by atoms with Gasteiger partial charge in [0.15, 0.2) is 11.9 Å². The minimum atomic E-state index is -0.656. The molecule has 44 heavy (non-hydrogen) atoms. The number of nitrogens with zero attached hydrogens (tertiary/aromatic N) is 4. The van der Waals surface area contributed by atoms with E-state index >= 15 is 0 Å². The average molecular weight is 591 g/mol. The fourth-order valence-electron chi connectivity index (χ4n) is 6.53. The molecule has 1 saturated heterocycles. The van der Waals surface area contributed by atoms with Gasteiger partial charge in [-0.1, -0.05) is 92.7 Å². The van der Waals surface area contributed by atoms with Crippen LogP contribution in [0.4, 0.5) is 0 Å². The van der Waals surface area contributed by atoms with Crippen LogP contribution in [0.1, 0.15) is 56.0 Å². The van der Waals surface area contributed by atoms with Gasteiger partial charge in [0.2, 0.25) is 0 Å². The maximum absolute atomic E-state index is 7.03. The predicted molar refractivity (Wildman–Crippen MR) is 175 cm³/mol. The van der Waals surface area contributed by atoms with Crippen LogP contribution >= 0.6 is 0 Å². The molecular formula is C37H42N4O3. The summed E-state index contributed by atoms with van der Waals surface area (Å²) >= 11 is 0. The molecule has 1 fully saturated rings. The van der Waals surface area contributed by atoms with Crippen molar-refractivity contribution in [1.82, 2.24) is 14.5 Å². The second-order valence-corrected chi connectivity index (χ2v) is 12.7. The molecule has 0 N–H and O–H groups in total. The topological polar surface area (TPSA) is 61.1 Å². The molecule has 0 aliphatic carbocycles. The van der Waals surface area contributed by atoms with Crippen LogP contribution in [0.2, 0.25) is 0 Å².